The number of thiazole rings is 1. The number of methoxy groups -OCH3 is 2. The van der Waals surface area contributed by atoms with E-state index in [2.05, 4.69) is 4.98 Å². The van der Waals surface area contributed by atoms with Crippen molar-refractivity contribution in [2.45, 2.75) is 13.0 Å². The van der Waals surface area contributed by atoms with Crippen LogP contribution in [0.5, 0.6) is 11.5 Å². The zero-order valence-corrected chi connectivity index (χ0v) is 19.7. The molecule has 1 aliphatic heterocycles. The second-order valence-electron chi connectivity index (χ2n) is 7.96. The second-order valence-corrected chi connectivity index (χ2v) is 8.97. The molecule has 5 rings (SSSR count). The third-order valence-electron chi connectivity index (χ3n) is 5.87. The number of aryl methyl sites for hydroxylation is 1. The van der Waals surface area contributed by atoms with E-state index >= 15 is 0 Å². The predicted octanol–water partition coefficient (Wildman–Crippen LogP) is 4.51. The lowest BCUT2D eigenvalue weighted by Gasteiger charge is -2.25. The Morgan fingerprint density at radius 1 is 1.06 bits per heavy atom. The van der Waals surface area contributed by atoms with E-state index in [0.29, 0.717) is 33.0 Å². The number of Topliss-reactive ketones (excluding diaryl/α,β-unsaturated/α-hetero) is 2. The summed E-state index contributed by atoms with van der Waals surface area (Å²) in [5, 5.41) is 0.176. The van der Waals surface area contributed by atoms with E-state index in [4.69, 9.17) is 13.9 Å². The molecule has 8 nitrogen and oxygen atoms in total. The zero-order chi connectivity index (χ0) is 24.9. The minimum atomic E-state index is -1.38. The van der Waals surface area contributed by atoms with E-state index < -0.39 is 35.3 Å². The van der Waals surface area contributed by atoms with Crippen LogP contribution in [0.1, 0.15) is 27.9 Å². The number of fused-ring (bicyclic) bond motifs is 1. The molecule has 0 saturated carbocycles. The molecule has 2 atom stereocenters. The molecule has 2 aromatic heterocycles. The third-order valence-corrected chi connectivity index (χ3v) is 6.88. The van der Waals surface area contributed by atoms with Gasteiger partial charge in [0.15, 0.2) is 22.4 Å². The van der Waals surface area contributed by atoms with Crippen LogP contribution in [0.2, 0.25) is 0 Å². The van der Waals surface area contributed by atoms with Crippen LogP contribution in [0.25, 0.3) is 10.2 Å². The molecule has 2 unspecified atom stereocenters. The van der Waals surface area contributed by atoms with Gasteiger partial charge in [-0.1, -0.05) is 17.4 Å². The molecular formula is C25H19FN2O6S. The first-order valence-corrected chi connectivity index (χ1v) is 11.4. The van der Waals surface area contributed by atoms with Gasteiger partial charge in [-0.15, -0.1) is 0 Å². The number of carbonyl (C=O) groups is 3. The van der Waals surface area contributed by atoms with E-state index in [0.717, 1.165) is 11.3 Å². The molecule has 0 radical (unpaired) electrons. The van der Waals surface area contributed by atoms with Gasteiger partial charge in [0.25, 0.3) is 5.91 Å². The summed E-state index contributed by atoms with van der Waals surface area (Å²) in [6.45, 7) is 1.68. The van der Waals surface area contributed by atoms with Gasteiger partial charge in [0.1, 0.15) is 17.5 Å². The van der Waals surface area contributed by atoms with E-state index in [1.165, 1.54) is 43.4 Å². The van der Waals surface area contributed by atoms with Crippen LogP contribution in [-0.2, 0) is 9.59 Å². The Labute approximate surface area is 202 Å². The first-order valence-electron chi connectivity index (χ1n) is 10.6. The first kappa shape index (κ1) is 22.7. The van der Waals surface area contributed by atoms with Crippen LogP contribution >= 0.6 is 11.3 Å². The van der Waals surface area contributed by atoms with Gasteiger partial charge >= 0.3 is 0 Å². The van der Waals surface area contributed by atoms with Crippen LogP contribution in [0.3, 0.4) is 0 Å². The standard InChI is InChI=1S/C25H19FN2O6S/c1-12-4-8-17(34-12)22(29)20-21(13-5-9-16(32-2)18(10-13)33-3)28(24(31)23(20)30)25-27-15-7-6-14(26)11-19(15)35-25/h4-11,20-21H,1-3H3. The summed E-state index contributed by atoms with van der Waals surface area (Å²) in [5.74, 6) is -2.93. The highest BCUT2D eigenvalue weighted by molar-refractivity contribution is 7.22. The average Bonchev–Trinajstić information content (AvgIpc) is 3.54. The number of ether oxygens (including phenoxy) is 2. The summed E-state index contributed by atoms with van der Waals surface area (Å²) in [6, 6.07) is 11.0. The van der Waals surface area contributed by atoms with Crippen LogP contribution < -0.4 is 14.4 Å². The highest BCUT2D eigenvalue weighted by Gasteiger charge is 2.54. The van der Waals surface area contributed by atoms with Crippen molar-refractivity contribution >= 4 is 44.2 Å². The molecule has 3 heterocycles. The van der Waals surface area contributed by atoms with Crippen molar-refractivity contribution in [2.75, 3.05) is 19.1 Å². The number of furan rings is 1. The molecular weight excluding hydrogens is 475 g/mol. The Kier molecular flexibility index (Phi) is 5.60. The Morgan fingerprint density at radius 3 is 2.51 bits per heavy atom. The monoisotopic (exact) mass is 494 g/mol. The van der Waals surface area contributed by atoms with Crippen LogP contribution in [0.4, 0.5) is 9.52 Å². The molecule has 4 aromatic rings. The number of nitrogens with zero attached hydrogens (tertiary/aromatic N) is 2. The molecule has 178 valence electrons. The Morgan fingerprint density at radius 2 is 1.83 bits per heavy atom. The highest BCUT2D eigenvalue weighted by Crippen LogP contribution is 2.45. The smallest absolute Gasteiger partial charge is 0.297 e. The van der Waals surface area contributed by atoms with Gasteiger partial charge in [-0.25, -0.2) is 9.37 Å². The maximum atomic E-state index is 13.8. The second kappa shape index (κ2) is 8.62. The number of aromatic nitrogens is 1. The van der Waals surface area contributed by atoms with E-state index in [1.807, 2.05) is 0 Å². The number of hydrogen-bond donors (Lipinski definition) is 0. The van der Waals surface area contributed by atoms with Crippen LogP contribution in [-0.4, -0.2) is 36.7 Å². The van der Waals surface area contributed by atoms with Gasteiger partial charge in [0, 0.05) is 0 Å². The fourth-order valence-corrected chi connectivity index (χ4v) is 5.25. The largest absolute Gasteiger partial charge is 0.493 e. The fraction of sp³-hybridized carbons (Fsp3) is 0.200. The SMILES string of the molecule is COc1ccc(C2C(C(=O)c3ccc(C)o3)C(=O)C(=O)N2c2nc3ccc(F)cc3s2)cc1OC. The summed E-state index contributed by atoms with van der Waals surface area (Å²) >= 11 is 1.06. The lowest BCUT2D eigenvalue weighted by atomic mass is 9.88. The topological polar surface area (TPSA) is 98.9 Å². The van der Waals surface area contributed by atoms with Gasteiger partial charge in [0.05, 0.1) is 30.5 Å². The molecule has 0 aliphatic carbocycles. The van der Waals surface area contributed by atoms with Crippen LogP contribution in [0, 0.1) is 18.7 Å². The van der Waals surface area contributed by atoms with E-state index in [-0.39, 0.29) is 10.9 Å². The number of benzene rings is 2. The molecule has 1 fully saturated rings. The maximum Gasteiger partial charge on any atom is 0.297 e. The molecule has 0 spiro atoms. The van der Waals surface area contributed by atoms with Gasteiger partial charge in [-0.2, -0.15) is 0 Å². The molecule has 0 bridgehead atoms. The lowest BCUT2D eigenvalue weighted by molar-refractivity contribution is -0.135. The molecule has 10 heteroatoms. The summed E-state index contributed by atoms with van der Waals surface area (Å²) in [5.41, 5.74) is 0.933. The number of halogens is 1. The minimum Gasteiger partial charge on any atom is -0.493 e. The quantitative estimate of drug-likeness (QED) is 0.221. The Hall–Kier alpha value is -4.05. The van der Waals surface area contributed by atoms with Crippen molar-refractivity contribution < 1.29 is 32.7 Å². The molecule has 1 amide bonds. The normalized spacial score (nSPS) is 17.9. The average molecular weight is 495 g/mol. The van der Waals surface area contributed by atoms with Crippen molar-refractivity contribution in [3.8, 4) is 11.5 Å². The van der Waals surface area contributed by atoms with Crippen molar-refractivity contribution in [3.05, 3.63) is 71.4 Å². The molecule has 1 aliphatic rings. The molecule has 1 saturated heterocycles. The summed E-state index contributed by atoms with van der Waals surface area (Å²) in [4.78, 5) is 45.7. The van der Waals surface area contributed by atoms with Crippen LogP contribution in [0.15, 0.2) is 52.9 Å². The van der Waals surface area contributed by atoms with E-state index in [1.54, 1.807) is 31.2 Å². The van der Waals surface area contributed by atoms with Gasteiger partial charge in [0.2, 0.25) is 11.6 Å². The van der Waals surface area contributed by atoms with Gasteiger partial charge in [-0.3, -0.25) is 19.3 Å². The summed E-state index contributed by atoms with van der Waals surface area (Å²) < 4.78 is 30.5. The highest BCUT2D eigenvalue weighted by atomic mass is 32.1. The van der Waals surface area contributed by atoms with Crippen molar-refractivity contribution in [3.63, 3.8) is 0 Å². The maximum absolute atomic E-state index is 13.8. The molecule has 0 N–H and O–H groups in total. The number of hydrogen-bond acceptors (Lipinski definition) is 8. The molecule has 35 heavy (non-hydrogen) atoms. The number of ketones is 2. The minimum absolute atomic E-state index is 0.0210. The van der Waals surface area contributed by atoms with Gasteiger partial charge < -0.3 is 13.9 Å². The van der Waals surface area contributed by atoms with Crippen molar-refractivity contribution in [1.82, 2.24) is 4.98 Å². The first-order chi connectivity index (χ1) is 16.8. The number of amides is 1. The summed E-state index contributed by atoms with van der Waals surface area (Å²) in [7, 11) is 2.94. The van der Waals surface area contributed by atoms with Crippen molar-refractivity contribution in [2.24, 2.45) is 5.92 Å². The fourth-order valence-electron chi connectivity index (χ4n) is 4.23. The van der Waals surface area contributed by atoms with Crippen molar-refractivity contribution in [1.29, 1.82) is 0 Å². The lowest BCUT2D eigenvalue weighted by Crippen LogP contribution is -2.30. The van der Waals surface area contributed by atoms with E-state index in [9.17, 15) is 18.8 Å². The Balaban J connectivity index is 1.69. The Bertz CT molecular complexity index is 1490. The predicted molar refractivity (Wildman–Crippen MR) is 126 cm³/mol. The van der Waals surface area contributed by atoms with Gasteiger partial charge in [-0.05, 0) is 55.0 Å². The number of anilines is 1. The number of carbonyl (C=O) groups excluding carboxylic acids is 3. The summed E-state index contributed by atoms with van der Waals surface area (Å²) in [6.07, 6.45) is 0. The number of rotatable bonds is 6. The molecule has 2 aromatic carbocycles. The zero-order valence-electron chi connectivity index (χ0n) is 18.9. The third kappa shape index (κ3) is 3.75.